The minimum atomic E-state index is -3.68. The lowest BCUT2D eigenvalue weighted by Gasteiger charge is -2.39. The molecule has 12 heteroatoms. The van der Waals surface area contributed by atoms with E-state index in [1.165, 1.54) is 23.5 Å². The number of carbonyl (C=O) groups is 3. The molecule has 0 saturated carbocycles. The lowest BCUT2D eigenvalue weighted by Crippen LogP contribution is -2.63. The third-order valence-corrected chi connectivity index (χ3v) is 6.02. The number of piperazine rings is 1. The van der Waals surface area contributed by atoms with E-state index < -0.39 is 33.9 Å². The Bertz CT molecular complexity index is 862. The fourth-order valence-electron chi connectivity index (χ4n) is 3.31. The molecule has 0 spiro atoms. The number of amides is 3. The van der Waals surface area contributed by atoms with Gasteiger partial charge in [-0.3, -0.25) is 19.4 Å². The van der Waals surface area contributed by atoms with Crippen molar-refractivity contribution in [3.8, 4) is 0 Å². The van der Waals surface area contributed by atoms with Crippen LogP contribution in [-0.4, -0.2) is 89.8 Å². The first-order valence-corrected chi connectivity index (χ1v) is 10.7. The van der Waals surface area contributed by atoms with Crippen molar-refractivity contribution in [3.05, 3.63) is 24.3 Å². The Labute approximate surface area is 162 Å². The van der Waals surface area contributed by atoms with Crippen molar-refractivity contribution in [1.29, 1.82) is 0 Å². The molecule has 152 valence electrons. The molecular weight excluding hydrogens is 388 g/mol. The van der Waals surface area contributed by atoms with E-state index in [-0.39, 0.29) is 31.2 Å². The fourth-order valence-corrected chi connectivity index (χ4v) is 4.35. The van der Waals surface area contributed by atoms with E-state index in [1.807, 2.05) is 0 Å². The van der Waals surface area contributed by atoms with Crippen molar-refractivity contribution in [2.45, 2.75) is 24.9 Å². The maximum absolute atomic E-state index is 12.8. The molecule has 11 nitrogen and oxygen atoms in total. The third-order valence-electron chi connectivity index (χ3n) is 4.73. The summed E-state index contributed by atoms with van der Waals surface area (Å²) in [6.45, 7) is 0.503. The van der Waals surface area contributed by atoms with Gasteiger partial charge in [-0.2, -0.15) is 4.31 Å². The topological polar surface area (TPSA) is 142 Å². The number of nitrogens with one attached hydrogen (secondary N) is 2. The van der Waals surface area contributed by atoms with Crippen LogP contribution in [0.25, 0.3) is 0 Å². The highest BCUT2D eigenvalue weighted by atomic mass is 32.2. The van der Waals surface area contributed by atoms with E-state index in [1.54, 1.807) is 0 Å². The van der Waals surface area contributed by atoms with Gasteiger partial charge in [0.25, 0.3) is 5.91 Å². The molecule has 2 aliphatic rings. The number of sulfonamides is 1. The van der Waals surface area contributed by atoms with Crippen LogP contribution in [0.4, 0.5) is 0 Å². The molecule has 0 bridgehead atoms. The molecule has 0 aromatic carbocycles. The largest absolute Gasteiger partial charge is 0.354 e. The standard InChI is InChI=1S/C16H22N6O5S/c1-28(26,27)22-8-7-21(16(25)12-9-17-5-6-18-12)10-13(22)15(24)20-11-3-2-4-19-14(11)23/h5-6,9,11,13H,2-4,7-8,10H2,1H3,(H,19,23)(H,20,24). The highest BCUT2D eigenvalue weighted by Crippen LogP contribution is 2.16. The van der Waals surface area contributed by atoms with Crippen LogP contribution in [0.5, 0.6) is 0 Å². The Morgan fingerprint density at radius 3 is 2.71 bits per heavy atom. The van der Waals surface area contributed by atoms with E-state index >= 15 is 0 Å². The normalized spacial score (nSPS) is 23.8. The monoisotopic (exact) mass is 410 g/mol. The van der Waals surface area contributed by atoms with Crippen LogP contribution >= 0.6 is 0 Å². The summed E-state index contributed by atoms with van der Waals surface area (Å²) in [5.74, 6) is -1.34. The lowest BCUT2D eigenvalue weighted by atomic mass is 10.1. The van der Waals surface area contributed by atoms with Crippen molar-refractivity contribution >= 4 is 27.7 Å². The zero-order valence-corrected chi connectivity index (χ0v) is 16.2. The summed E-state index contributed by atoms with van der Waals surface area (Å²) >= 11 is 0. The van der Waals surface area contributed by atoms with Gasteiger partial charge in [0, 0.05) is 38.6 Å². The number of rotatable bonds is 4. The second-order valence-electron chi connectivity index (χ2n) is 6.73. The van der Waals surface area contributed by atoms with Crippen molar-refractivity contribution in [2.24, 2.45) is 0 Å². The summed E-state index contributed by atoms with van der Waals surface area (Å²) in [4.78, 5) is 46.5. The molecule has 28 heavy (non-hydrogen) atoms. The van der Waals surface area contributed by atoms with Gasteiger partial charge in [0.15, 0.2) is 0 Å². The molecule has 2 atom stereocenters. The molecule has 2 fully saturated rings. The molecule has 3 rings (SSSR count). The first-order chi connectivity index (χ1) is 13.3. The number of hydrogen-bond acceptors (Lipinski definition) is 7. The van der Waals surface area contributed by atoms with E-state index in [0.717, 1.165) is 10.6 Å². The average molecular weight is 410 g/mol. The van der Waals surface area contributed by atoms with Crippen molar-refractivity contribution in [2.75, 3.05) is 32.4 Å². The Morgan fingerprint density at radius 2 is 2.07 bits per heavy atom. The van der Waals surface area contributed by atoms with Crippen molar-refractivity contribution < 1.29 is 22.8 Å². The Kier molecular flexibility index (Phi) is 5.89. The first kappa shape index (κ1) is 20.1. The van der Waals surface area contributed by atoms with E-state index in [4.69, 9.17) is 0 Å². The van der Waals surface area contributed by atoms with Crippen LogP contribution < -0.4 is 10.6 Å². The van der Waals surface area contributed by atoms with E-state index in [9.17, 15) is 22.8 Å². The van der Waals surface area contributed by atoms with Crippen LogP contribution in [0.3, 0.4) is 0 Å². The third kappa shape index (κ3) is 4.44. The molecule has 2 N–H and O–H groups in total. The Balaban J connectivity index is 1.78. The Hall–Kier alpha value is -2.60. The molecule has 2 saturated heterocycles. The SMILES string of the molecule is CS(=O)(=O)N1CCN(C(=O)c2cnccn2)CC1C(=O)NC1CCCNC1=O. The van der Waals surface area contributed by atoms with Gasteiger partial charge < -0.3 is 15.5 Å². The highest BCUT2D eigenvalue weighted by Gasteiger charge is 2.40. The second-order valence-corrected chi connectivity index (χ2v) is 8.66. The molecule has 2 unspecified atom stereocenters. The van der Waals surface area contributed by atoms with E-state index in [2.05, 4.69) is 20.6 Å². The predicted octanol–water partition coefficient (Wildman–Crippen LogP) is -2.04. The number of piperidine rings is 1. The molecule has 1 aromatic heterocycles. The zero-order chi connectivity index (χ0) is 20.3. The van der Waals surface area contributed by atoms with Gasteiger partial charge in [-0.1, -0.05) is 0 Å². The number of hydrogen-bond donors (Lipinski definition) is 2. The average Bonchev–Trinajstić information content (AvgIpc) is 2.68. The van der Waals surface area contributed by atoms with Gasteiger partial charge in [0.2, 0.25) is 21.8 Å². The molecule has 1 aromatic rings. The quantitative estimate of drug-likeness (QED) is 0.582. The summed E-state index contributed by atoms with van der Waals surface area (Å²) in [6.07, 6.45) is 6.34. The predicted molar refractivity (Wildman–Crippen MR) is 97.4 cm³/mol. The maximum atomic E-state index is 12.8. The zero-order valence-electron chi connectivity index (χ0n) is 15.4. The molecule has 3 heterocycles. The van der Waals surface area contributed by atoms with Crippen LogP contribution in [0.15, 0.2) is 18.6 Å². The first-order valence-electron chi connectivity index (χ1n) is 8.87. The minimum absolute atomic E-state index is 0.0280. The summed E-state index contributed by atoms with van der Waals surface area (Å²) in [5, 5.41) is 5.28. The van der Waals surface area contributed by atoms with Gasteiger partial charge in [-0.05, 0) is 12.8 Å². The lowest BCUT2D eigenvalue weighted by molar-refractivity contribution is -0.132. The van der Waals surface area contributed by atoms with Crippen molar-refractivity contribution in [1.82, 2.24) is 29.8 Å². The summed E-state index contributed by atoms with van der Waals surface area (Å²) in [5.41, 5.74) is 0.112. The molecule has 3 amide bonds. The van der Waals surface area contributed by atoms with Crippen LogP contribution in [0.1, 0.15) is 23.3 Å². The Morgan fingerprint density at radius 1 is 1.29 bits per heavy atom. The van der Waals surface area contributed by atoms with Crippen LogP contribution in [0.2, 0.25) is 0 Å². The summed E-state index contributed by atoms with van der Waals surface area (Å²) < 4.78 is 25.3. The van der Waals surface area contributed by atoms with Crippen LogP contribution in [0, 0.1) is 0 Å². The number of aromatic nitrogens is 2. The van der Waals surface area contributed by atoms with Gasteiger partial charge in [0.1, 0.15) is 17.8 Å². The van der Waals surface area contributed by atoms with Crippen LogP contribution in [-0.2, 0) is 19.6 Å². The number of nitrogens with zero attached hydrogens (tertiary/aromatic N) is 4. The number of carbonyl (C=O) groups excluding carboxylic acids is 3. The highest BCUT2D eigenvalue weighted by molar-refractivity contribution is 7.88. The smallest absolute Gasteiger partial charge is 0.274 e. The second kappa shape index (κ2) is 8.19. The minimum Gasteiger partial charge on any atom is -0.354 e. The van der Waals surface area contributed by atoms with Gasteiger partial charge >= 0.3 is 0 Å². The molecule has 0 aliphatic carbocycles. The molecular formula is C16H22N6O5S. The maximum Gasteiger partial charge on any atom is 0.274 e. The summed E-state index contributed by atoms with van der Waals surface area (Å²) in [6, 6.07) is -1.84. The summed E-state index contributed by atoms with van der Waals surface area (Å²) in [7, 11) is -3.68. The molecule has 0 radical (unpaired) electrons. The van der Waals surface area contributed by atoms with Gasteiger partial charge in [-0.15, -0.1) is 0 Å². The van der Waals surface area contributed by atoms with Gasteiger partial charge in [0.05, 0.1) is 12.5 Å². The molecule has 2 aliphatic heterocycles. The fraction of sp³-hybridized carbons (Fsp3) is 0.562. The van der Waals surface area contributed by atoms with Crippen molar-refractivity contribution in [3.63, 3.8) is 0 Å². The van der Waals surface area contributed by atoms with Gasteiger partial charge in [-0.25, -0.2) is 13.4 Å². The van der Waals surface area contributed by atoms with E-state index in [0.29, 0.717) is 19.4 Å².